The minimum Gasteiger partial charge on any atom is -0.319 e. The Balaban J connectivity index is 2.13. The van der Waals surface area contributed by atoms with Crippen molar-refractivity contribution < 1.29 is 14.0 Å². The summed E-state index contributed by atoms with van der Waals surface area (Å²) in [6, 6.07) is 12.8. The van der Waals surface area contributed by atoms with Gasteiger partial charge in [-0.25, -0.2) is 4.39 Å². The van der Waals surface area contributed by atoms with Crippen LogP contribution in [0.4, 0.5) is 10.1 Å². The van der Waals surface area contributed by atoms with Crippen molar-refractivity contribution in [2.45, 2.75) is 0 Å². The first kappa shape index (κ1) is 13.4. The average molecular weight is 268 g/mol. The first-order valence-electron chi connectivity index (χ1n) is 5.71. The number of nitriles is 1. The van der Waals surface area contributed by atoms with E-state index in [4.69, 9.17) is 5.26 Å². The Morgan fingerprint density at radius 1 is 1.10 bits per heavy atom. The fourth-order valence-electron chi connectivity index (χ4n) is 1.59. The molecule has 0 saturated heterocycles. The molecule has 0 aliphatic rings. The molecule has 0 heterocycles. The summed E-state index contributed by atoms with van der Waals surface area (Å²) < 4.78 is 12.7. The number of hydrogen-bond acceptors (Lipinski definition) is 3. The fourth-order valence-corrected chi connectivity index (χ4v) is 1.59. The number of benzene rings is 2. The second-order valence-electron chi connectivity index (χ2n) is 3.98. The minimum absolute atomic E-state index is 0.0975. The maximum absolute atomic E-state index is 12.7. The number of carbonyl (C=O) groups excluding carboxylic acids is 2. The lowest BCUT2D eigenvalue weighted by Crippen LogP contribution is -2.22. The van der Waals surface area contributed by atoms with Crippen LogP contribution in [0.3, 0.4) is 0 Å². The summed E-state index contributed by atoms with van der Waals surface area (Å²) in [7, 11) is 0. The van der Waals surface area contributed by atoms with Gasteiger partial charge in [-0.1, -0.05) is 6.07 Å². The van der Waals surface area contributed by atoms with Crippen molar-refractivity contribution in [3.63, 3.8) is 0 Å². The van der Waals surface area contributed by atoms with E-state index in [9.17, 15) is 14.0 Å². The van der Waals surface area contributed by atoms with Crippen molar-refractivity contribution in [2.75, 3.05) is 5.32 Å². The smallest absolute Gasteiger partial charge is 0.296 e. The van der Waals surface area contributed by atoms with E-state index in [2.05, 4.69) is 5.32 Å². The molecule has 0 bridgehead atoms. The van der Waals surface area contributed by atoms with Crippen molar-refractivity contribution in [1.29, 1.82) is 5.26 Å². The molecule has 0 aliphatic carbocycles. The summed E-state index contributed by atoms with van der Waals surface area (Å²) in [4.78, 5) is 23.6. The molecule has 2 rings (SSSR count). The minimum atomic E-state index is -0.841. The van der Waals surface area contributed by atoms with Gasteiger partial charge in [0.05, 0.1) is 11.6 Å². The van der Waals surface area contributed by atoms with E-state index in [1.54, 1.807) is 18.2 Å². The van der Waals surface area contributed by atoms with E-state index >= 15 is 0 Å². The summed E-state index contributed by atoms with van der Waals surface area (Å²) in [5.41, 5.74) is 0.821. The van der Waals surface area contributed by atoms with Crippen LogP contribution in [0.25, 0.3) is 0 Å². The summed E-state index contributed by atoms with van der Waals surface area (Å²) in [5, 5.41) is 11.1. The summed E-state index contributed by atoms with van der Waals surface area (Å²) in [6.07, 6.45) is 0. The van der Waals surface area contributed by atoms with Crippen LogP contribution in [0, 0.1) is 17.1 Å². The standard InChI is InChI=1S/C15H9FN2O2/c16-12-6-4-11(5-7-12)14(19)15(20)18-13-3-1-2-10(8-13)9-17/h1-8H,(H,18,20). The molecule has 4 nitrogen and oxygen atoms in total. The highest BCUT2D eigenvalue weighted by Crippen LogP contribution is 2.11. The van der Waals surface area contributed by atoms with Crippen LogP contribution in [-0.4, -0.2) is 11.7 Å². The highest BCUT2D eigenvalue weighted by atomic mass is 19.1. The fraction of sp³-hybridized carbons (Fsp3) is 0. The number of ketones is 1. The Kier molecular flexibility index (Phi) is 3.87. The molecule has 20 heavy (non-hydrogen) atoms. The SMILES string of the molecule is N#Cc1cccc(NC(=O)C(=O)c2ccc(F)cc2)c1. The molecule has 0 spiro atoms. The van der Waals surface area contributed by atoms with Crippen LogP contribution in [0.2, 0.25) is 0 Å². The number of rotatable bonds is 3. The number of halogens is 1. The molecule has 1 N–H and O–H groups in total. The molecule has 0 aliphatic heterocycles. The Morgan fingerprint density at radius 3 is 2.45 bits per heavy atom. The summed E-state index contributed by atoms with van der Waals surface area (Å²) >= 11 is 0. The maximum Gasteiger partial charge on any atom is 0.296 e. The lowest BCUT2D eigenvalue weighted by Gasteiger charge is -2.04. The lowest BCUT2D eigenvalue weighted by atomic mass is 10.1. The monoisotopic (exact) mass is 268 g/mol. The maximum atomic E-state index is 12.7. The van der Waals surface area contributed by atoms with Gasteiger partial charge in [-0.2, -0.15) is 5.26 Å². The number of hydrogen-bond donors (Lipinski definition) is 1. The highest BCUT2D eigenvalue weighted by Gasteiger charge is 2.16. The van der Waals surface area contributed by atoms with E-state index in [1.165, 1.54) is 18.2 Å². The number of nitrogens with zero attached hydrogens (tertiary/aromatic N) is 1. The van der Waals surface area contributed by atoms with Crippen molar-refractivity contribution in [3.05, 3.63) is 65.5 Å². The number of amides is 1. The van der Waals surface area contributed by atoms with E-state index < -0.39 is 17.5 Å². The Morgan fingerprint density at radius 2 is 1.80 bits per heavy atom. The number of nitrogens with one attached hydrogen (secondary N) is 1. The van der Waals surface area contributed by atoms with Gasteiger partial charge in [0.15, 0.2) is 0 Å². The zero-order chi connectivity index (χ0) is 14.5. The van der Waals surface area contributed by atoms with Crippen LogP contribution >= 0.6 is 0 Å². The quantitative estimate of drug-likeness (QED) is 0.686. The first-order valence-corrected chi connectivity index (χ1v) is 5.71. The zero-order valence-electron chi connectivity index (χ0n) is 10.3. The van der Waals surface area contributed by atoms with Gasteiger partial charge in [0.25, 0.3) is 11.7 Å². The topological polar surface area (TPSA) is 70.0 Å². The summed E-state index contributed by atoms with van der Waals surface area (Å²) in [5.74, 6) is -2.09. The molecule has 5 heteroatoms. The first-order chi connectivity index (χ1) is 9.60. The van der Waals surface area contributed by atoms with Crippen LogP contribution in [0.1, 0.15) is 15.9 Å². The van der Waals surface area contributed by atoms with E-state index in [0.29, 0.717) is 11.3 Å². The highest BCUT2D eigenvalue weighted by molar-refractivity contribution is 6.46. The average Bonchev–Trinajstić information content (AvgIpc) is 2.47. The third-order valence-electron chi connectivity index (χ3n) is 2.56. The third-order valence-corrected chi connectivity index (χ3v) is 2.56. The van der Waals surface area contributed by atoms with Gasteiger partial charge < -0.3 is 5.32 Å². The molecule has 1 amide bonds. The molecule has 2 aromatic carbocycles. The number of Topliss-reactive ketones (excluding diaryl/α,β-unsaturated/α-hetero) is 1. The third kappa shape index (κ3) is 3.06. The van der Waals surface area contributed by atoms with Crippen molar-refractivity contribution in [1.82, 2.24) is 0 Å². The van der Waals surface area contributed by atoms with E-state index in [-0.39, 0.29) is 5.56 Å². The Hall–Kier alpha value is -3.00. The second kappa shape index (κ2) is 5.76. The van der Waals surface area contributed by atoms with Crippen LogP contribution < -0.4 is 5.32 Å². The largest absolute Gasteiger partial charge is 0.319 e. The molecule has 98 valence electrons. The van der Waals surface area contributed by atoms with Crippen molar-refractivity contribution in [3.8, 4) is 6.07 Å². The Bertz CT molecular complexity index is 703. The van der Waals surface area contributed by atoms with E-state index in [1.807, 2.05) is 6.07 Å². The van der Waals surface area contributed by atoms with E-state index in [0.717, 1.165) is 12.1 Å². The zero-order valence-corrected chi connectivity index (χ0v) is 10.3. The molecule has 2 aromatic rings. The van der Waals surface area contributed by atoms with Gasteiger partial charge in [-0.3, -0.25) is 9.59 Å². The van der Waals surface area contributed by atoms with Crippen molar-refractivity contribution in [2.24, 2.45) is 0 Å². The van der Waals surface area contributed by atoms with Crippen LogP contribution in [0.5, 0.6) is 0 Å². The van der Waals surface area contributed by atoms with Gasteiger partial charge in [0, 0.05) is 11.3 Å². The van der Waals surface area contributed by atoms with Gasteiger partial charge in [-0.05, 0) is 42.5 Å². The molecule has 0 fully saturated rings. The van der Waals surface area contributed by atoms with Crippen LogP contribution in [0.15, 0.2) is 48.5 Å². The molecule has 0 saturated carbocycles. The van der Waals surface area contributed by atoms with Crippen molar-refractivity contribution >= 4 is 17.4 Å². The lowest BCUT2D eigenvalue weighted by molar-refractivity contribution is -0.112. The number of carbonyl (C=O) groups is 2. The normalized spacial score (nSPS) is 9.60. The number of anilines is 1. The predicted octanol–water partition coefficient (Wildman–Crippen LogP) is 2.52. The van der Waals surface area contributed by atoms with Gasteiger partial charge in [0.2, 0.25) is 0 Å². The molecular formula is C15H9FN2O2. The molecule has 0 aromatic heterocycles. The van der Waals surface area contributed by atoms with Gasteiger partial charge >= 0.3 is 0 Å². The van der Waals surface area contributed by atoms with Crippen LogP contribution in [-0.2, 0) is 4.79 Å². The molecular weight excluding hydrogens is 259 g/mol. The molecule has 0 unspecified atom stereocenters. The predicted molar refractivity (Wildman–Crippen MR) is 70.5 cm³/mol. The van der Waals surface area contributed by atoms with Gasteiger partial charge in [0.1, 0.15) is 5.82 Å². The van der Waals surface area contributed by atoms with Gasteiger partial charge in [-0.15, -0.1) is 0 Å². The summed E-state index contributed by atoms with van der Waals surface area (Å²) in [6.45, 7) is 0. The molecule has 0 atom stereocenters. The Labute approximate surface area is 114 Å². The second-order valence-corrected chi connectivity index (χ2v) is 3.98. The molecule has 0 radical (unpaired) electrons.